The van der Waals surface area contributed by atoms with Gasteiger partial charge in [0.15, 0.2) is 0 Å². The van der Waals surface area contributed by atoms with E-state index in [0.29, 0.717) is 0 Å². The van der Waals surface area contributed by atoms with Crippen LogP contribution in [0.4, 0.5) is 0 Å². The number of aromatic nitrogens is 4. The van der Waals surface area contributed by atoms with Crippen LogP contribution in [0.1, 0.15) is 52.7 Å². The molecule has 0 fully saturated rings. The van der Waals surface area contributed by atoms with E-state index in [1.54, 1.807) is 0 Å². The summed E-state index contributed by atoms with van der Waals surface area (Å²) in [6.45, 7) is 14.1. The monoisotopic (exact) mass is 858 g/mol. The molecule has 0 N–H and O–H groups in total. The third kappa shape index (κ3) is 4.79. The van der Waals surface area contributed by atoms with Crippen molar-refractivity contribution in [2.24, 2.45) is 0 Å². The first-order valence-electron chi connectivity index (χ1n) is 23.7. The van der Waals surface area contributed by atoms with Gasteiger partial charge >= 0.3 is 0 Å². The SMILES string of the molecule is CC(C)(C)c1cc(-c2ccc3c(c2)c2ccccc2n3-c2ccccc2)c2c(c1)c1cc3ccccc3c3c4c5c6cc(C(C)(C)C)cc7c8cc9ccccc9cc8n(c5cnc4n2c13)c76. The normalized spacial score (nSPS) is 13.2. The molecule has 0 radical (unpaired) electrons. The van der Waals surface area contributed by atoms with E-state index in [1.165, 1.54) is 131 Å². The van der Waals surface area contributed by atoms with E-state index in [1.807, 2.05) is 0 Å². The molecule has 0 aliphatic rings. The van der Waals surface area contributed by atoms with Crippen molar-refractivity contribution >= 4 is 120 Å². The zero-order valence-corrected chi connectivity index (χ0v) is 38.5. The quantitative estimate of drug-likeness (QED) is 0.170. The van der Waals surface area contributed by atoms with Gasteiger partial charge in [0.2, 0.25) is 0 Å². The van der Waals surface area contributed by atoms with E-state index < -0.39 is 0 Å². The standard InChI is InChI=1S/C63H46N4/c1-62(2,3)39-30-44(38-24-25-52-45(27-38)43-22-14-15-23-51(43)65(52)41-19-8-7-9-20-41)58-49(32-39)47-28-37-18-12-13-21-42(37)56-57-55-50-33-40(63(4,5)6)31-48-46-26-35-16-10-11-17-36(35)29-53(46)66(59(48)50)54(55)34-64-61(57)67(58)60(47)56/h7-34H,1-6H3. The summed E-state index contributed by atoms with van der Waals surface area (Å²) in [4.78, 5) is 5.66. The minimum absolute atomic E-state index is 0.0583. The average Bonchev–Trinajstić information content (AvgIpc) is 4.12. The van der Waals surface area contributed by atoms with Gasteiger partial charge in [-0.2, -0.15) is 0 Å². The highest BCUT2D eigenvalue weighted by Crippen LogP contribution is 2.51. The van der Waals surface area contributed by atoms with Crippen LogP contribution in [0.3, 0.4) is 0 Å². The molecule has 0 atom stereocenters. The van der Waals surface area contributed by atoms with Gasteiger partial charge in [0.25, 0.3) is 0 Å². The molecule has 0 spiro atoms. The minimum Gasteiger partial charge on any atom is -0.309 e. The second-order valence-electron chi connectivity index (χ2n) is 21.2. The lowest BCUT2D eigenvalue weighted by atomic mass is 9.83. The number of hydrogen-bond donors (Lipinski definition) is 0. The molecule has 0 aliphatic heterocycles. The summed E-state index contributed by atoms with van der Waals surface area (Å²) in [5, 5.41) is 17.7. The molecule has 318 valence electrons. The largest absolute Gasteiger partial charge is 0.309 e. The third-order valence-corrected chi connectivity index (χ3v) is 15.3. The minimum atomic E-state index is -0.0867. The molecule has 67 heavy (non-hydrogen) atoms. The first-order chi connectivity index (χ1) is 32.5. The Balaban J connectivity index is 1.14. The molecule has 4 nitrogen and oxygen atoms in total. The Hall–Kier alpha value is -7.95. The van der Waals surface area contributed by atoms with Crippen molar-refractivity contribution < 1.29 is 0 Å². The molecular formula is C63H46N4. The molecule has 0 bridgehead atoms. The average molecular weight is 859 g/mol. The van der Waals surface area contributed by atoms with Crippen LogP contribution < -0.4 is 0 Å². The van der Waals surface area contributed by atoms with E-state index in [0.717, 1.165) is 16.9 Å². The van der Waals surface area contributed by atoms with Gasteiger partial charge in [-0.05, 0) is 122 Å². The van der Waals surface area contributed by atoms with Gasteiger partial charge in [-0.1, -0.05) is 133 Å². The number of para-hydroxylation sites is 2. The van der Waals surface area contributed by atoms with E-state index in [-0.39, 0.29) is 10.8 Å². The zero-order valence-electron chi connectivity index (χ0n) is 38.5. The second kappa shape index (κ2) is 12.5. The molecule has 0 unspecified atom stereocenters. The summed E-state index contributed by atoms with van der Waals surface area (Å²) in [5.74, 6) is 0. The predicted molar refractivity (Wildman–Crippen MR) is 286 cm³/mol. The maximum atomic E-state index is 5.66. The summed E-state index contributed by atoms with van der Waals surface area (Å²) < 4.78 is 7.48. The number of benzene rings is 9. The number of pyridine rings is 1. The Morgan fingerprint density at radius 2 is 0.970 bits per heavy atom. The van der Waals surface area contributed by atoms with Gasteiger partial charge < -0.3 is 8.97 Å². The fourth-order valence-electron chi connectivity index (χ4n) is 12.1. The van der Waals surface area contributed by atoms with Crippen molar-refractivity contribution in [3.8, 4) is 16.8 Å². The smallest absolute Gasteiger partial charge is 0.146 e. The molecule has 6 aromatic heterocycles. The van der Waals surface area contributed by atoms with E-state index >= 15 is 0 Å². The fraction of sp³-hybridized carbons (Fsp3) is 0.127. The number of hydrogen-bond acceptors (Lipinski definition) is 1. The summed E-state index contributed by atoms with van der Waals surface area (Å²) in [5.41, 5.74) is 15.6. The van der Waals surface area contributed by atoms with Crippen LogP contribution in [0.5, 0.6) is 0 Å². The molecular weight excluding hydrogens is 813 g/mol. The predicted octanol–water partition coefficient (Wildman–Crippen LogP) is 17.0. The molecule has 0 amide bonds. The van der Waals surface area contributed by atoms with Crippen molar-refractivity contribution in [2.45, 2.75) is 52.4 Å². The first-order valence-corrected chi connectivity index (χ1v) is 23.7. The van der Waals surface area contributed by atoms with Crippen LogP contribution in [-0.4, -0.2) is 18.4 Å². The highest BCUT2D eigenvalue weighted by Gasteiger charge is 2.30. The van der Waals surface area contributed by atoms with Crippen LogP contribution in [0, 0.1) is 0 Å². The van der Waals surface area contributed by atoms with Crippen LogP contribution in [0.2, 0.25) is 0 Å². The third-order valence-electron chi connectivity index (χ3n) is 15.3. The topological polar surface area (TPSA) is 26.6 Å². The lowest BCUT2D eigenvalue weighted by Crippen LogP contribution is -2.11. The first kappa shape index (κ1) is 37.3. The second-order valence-corrected chi connectivity index (χ2v) is 21.2. The summed E-state index contributed by atoms with van der Waals surface area (Å²) in [6.07, 6.45) is 2.18. The molecule has 4 heteroatoms. The Bertz CT molecular complexity index is 4620. The van der Waals surface area contributed by atoms with Gasteiger partial charge in [-0.3, -0.25) is 4.40 Å². The molecule has 9 aromatic carbocycles. The molecule has 6 heterocycles. The van der Waals surface area contributed by atoms with Gasteiger partial charge in [0.05, 0.1) is 44.8 Å². The lowest BCUT2D eigenvalue weighted by molar-refractivity contribution is 0.591. The molecule has 0 aliphatic carbocycles. The van der Waals surface area contributed by atoms with E-state index in [2.05, 4.69) is 225 Å². The van der Waals surface area contributed by atoms with Crippen molar-refractivity contribution in [3.05, 3.63) is 181 Å². The van der Waals surface area contributed by atoms with Crippen LogP contribution in [-0.2, 0) is 10.8 Å². The van der Waals surface area contributed by atoms with Gasteiger partial charge in [-0.25, -0.2) is 4.98 Å². The van der Waals surface area contributed by atoms with Gasteiger partial charge in [0, 0.05) is 65.1 Å². The fourth-order valence-corrected chi connectivity index (χ4v) is 12.1. The maximum absolute atomic E-state index is 5.66. The number of rotatable bonds is 2. The van der Waals surface area contributed by atoms with Crippen molar-refractivity contribution in [2.75, 3.05) is 0 Å². The van der Waals surface area contributed by atoms with Crippen molar-refractivity contribution in [1.29, 1.82) is 0 Å². The van der Waals surface area contributed by atoms with Crippen LogP contribution >= 0.6 is 0 Å². The number of fused-ring (bicyclic) bond motifs is 19. The summed E-state index contributed by atoms with van der Waals surface area (Å²) in [7, 11) is 0. The lowest BCUT2D eigenvalue weighted by Gasteiger charge is -2.21. The highest BCUT2D eigenvalue weighted by atomic mass is 15.0. The Labute approximate surface area is 386 Å². The van der Waals surface area contributed by atoms with Gasteiger partial charge in [-0.15, -0.1) is 0 Å². The summed E-state index contributed by atoms with van der Waals surface area (Å²) >= 11 is 0. The van der Waals surface area contributed by atoms with E-state index in [9.17, 15) is 0 Å². The van der Waals surface area contributed by atoms with Gasteiger partial charge in [0.1, 0.15) is 5.65 Å². The zero-order chi connectivity index (χ0) is 44.8. The Morgan fingerprint density at radius 3 is 1.75 bits per heavy atom. The van der Waals surface area contributed by atoms with Crippen molar-refractivity contribution in [1.82, 2.24) is 18.4 Å². The highest BCUT2D eigenvalue weighted by molar-refractivity contribution is 6.39. The Morgan fingerprint density at radius 1 is 0.373 bits per heavy atom. The van der Waals surface area contributed by atoms with E-state index in [4.69, 9.17) is 4.98 Å². The molecule has 15 rings (SSSR count). The molecule has 0 saturated carbocycles. The molecule has 15 aromatic rings. The Kier molecular flexibility index (Phi) is 6.94. The molecule has 0 saturated heterocycles. The van der Waals surface area contributed by atoms with Crippen molar-refractivity contribution in [3.63, 3.8) is 0 Å². The van der Waals surface area contributed by atoms with Crippen LogP contribution in [0.25, 0.3) is 136 Å². The van der Waals surface area contributed by atoms with Crippen LogP contribution in [0.15, 0.2) is 170 Å². The maximum Gasteiger partial charge on any atom is 0.146 e. The number of nitrogens with zero attached hydrogens (tertiary/aromatic N) is 4. The summed E-state index contributed by atoms with van der Waals surface area (Å²) in [6, 6.07) is 61.7.